The first-order chi connectivity index (χ1) is 13.5. The van der Waals surface area contributed by atoms with E-state index in [0.717, 1.165) is 34.2 Å². The fraction of sp³-hybridized carbons (Fsp3) is 0.294. The number of nitrogens with zero attached hydrogens (tertiary/aromatic N) is 5. The van der Waals surface area contributed by atoms with Gasteiger partial charge in [-0.2, -0.15) is 0 Å². The number of sulfone groups is 1. The molecule has 144 valence electrons. The first-order valence-electron chi connectivity index (χ1n) is 8.64. The zero-order valence-corrected chi connectivity index (χ0v) is 16.5. The van der Waals surface area contributed by atoms with Gasteiger partial charge in [-0.05, 0) is 12.1 Å². The van der Waals surface area contributed by atoms with Gasteiger partial charge in [-0.25, -0.2) is 28.4 Å². The van der Waals surface area contributed by atoms with Crippen molar-refractivity contribution in [3.63, 3.8) is 0 Å². The van der Waals surface area contributed by atoms with Gasteiger partial charge >= 0.3 is 0 Å². The van der Waals surface area contributed by atoms with E-state index in [1.807, 2.05) is 18.2 Å². The molecule has 4 aromatic rings. The first kappa shape index (κ1) is 17.5. The molecule has 0 spiro atoms. The second kappa shape index (κ2) is 6.47. The summed E-state index contributed by atoms with van der Waals surface area (Å²) in [7, 11) is -3.44. The van der Waals surface area contributed by atoms with Crippen molar-refractivity contribution >= 4 is 48.4 Å². The van der Waals surface area contributed by atoms with E-state index in [2.05, 4.69) is 24.8 Å². The molecule has 0 aliphatic carbocycles. The maximum absolute atomic E-state index is 12.0. The van der Waals surface area contributed by atoms with Gasteiger partial charge < -0.3 is 14.6 Å². The molecule has 1 aromatic carbocycles. The number of imidazole rings is 1. The Balaban J connectivity index is 1.77. The summed E-state index contributed by atoms with van der Waals surface area (Å²) in [6.07, 6.45) is 2.78. The molecule has 9 nitrogen and oxygen atoms in total. The van der Waals surface area contributed by atoms with Crippen LogP contribution in [0.25, 0.3) is 32.8 Å². The normalized spacial score (nSPS) is 15.5. The molecule has 0 amide bonds. The van der Waals surface area contributed by atoms with Crippen molar-refractivity contribution in [3.05, 3.63) is 24.5 Å². The van der Waals surface area contributed by atoms with E-state index < -0.39 is 9.84 Å². The Bertz CT molecular complexity index is 1290. The average Bonchev–Trinajstić information content (AvgIpc) is 3.34. The highest BCUT2D eigenvalue weighted by atomic mass is 32.2. The molecule has 11 heteroatoms. The minimum atomic E-state index is -3.44. The molecule has 0 bridgehead atoms. The lowest BCUT2D eigenvalue weighted by molar-refractivity contribution is 0.122. The molecule has 1 N–H and O–H groups in total. The molecule has 0 unspecified atom stereocenters. The van der Waals surface area contributed by atoms with Crippen molar-refractivity contribution in [1.82, 2.24) is 24.9 Å². The van der Waals surface area contributed by atoms with Gasteiger partial charge in [0.25, 0.3) is 0 Å². The fourth-order valence-corrected chi connectivity index (χ4v) is 5.07. The highest BCUT2D eigenvalue weighted by Crippen LogP contribution is 2.35. The van der Waals surface area contributed by atoms with E-state index in [9.17, 15) is 8.42 Å². The van der Waals surface area contributed by atoms with Crippen LogP contribution in [0.4, 0.5) is 5.82 Å². The number of aromatic amines is 1. The summed E-state index contributed by atoms with van der Waals surface area (Å²) in [5.74, 6) is 1.15. The van der Waals surface area contributed by atoms with Gasteiger partial charge in [0.1, 0.15) is 4.70 Å². The number of H-pyrrole nitrogens is 1. The van der Waals surface area contributed by atoms with Crippen LogP contribution in [0, 0.1) is 0 Å². The maximum Gasteiger partial charge on any atom is 0.211 e. The van der Waals surface area contributed by atoms with Gasteiger partial charge in [0.05, 0.1) is 30.6 Å². The highest BCUT2D eigenvalue weighted by Gasteiger charge is 2.24. The van der Waals surface area contributed by atoms with E-state index in [4.69, 9.17) is 9.72 Å². The number of hydrogen-bond donors (Lipinski definition) is 1. The summed E-state index contributed by atoms with van der Waals surface area (Å²) in [4.78, 5) is 23.2. The highest BCUT2D eigenvalue weighted by molar-refractivity contribution is 7.92. The molecular weight excluding hydrogens is 400 g/mol. The van der Waals surface area contributed by atoms with Crippen LogP contribution in [-0.4, -0.2) is 65.9 Å². The van der Waals surface area contributed by atoms with Crippen LogP contribution in [0.5, 0.6) is 0 Å². The number of aromatic nitrogens is 5. The molecule has 28 heavy (non-hydrogen) atoms. The Morgan fingerprint density at radius 3 is 2.79 bits per heavy atom. The van der Waals surface area contributed by atoms with Crippen LogP contribution in [0.1, 0.15) is 0 Å². The molecule has 0 radical (unpaired) electrons. The third kappa shape index (κ3) is 2.91. The van der Waals surface area contributed by atoms with Crippen molar-refractivity contribution in [3.8, 4) is 11.4 Å². The number of ether oxygens (including phenoxy) is 1. The van der Waals surface area contributed by atoms with Crippen molar-refractivity contribution in [2.75, 3.05) is 37.5 Å². The molecule has 0 saturated carbocycles. The molecule has 4 heterocycles. The van der Waals surface area contributed by atoms with E-state index in [1.54, 1.807) is 6.33 Å². The number of para-hydroxylation sites is 1. The molecule has 1 fully saturated rings. The summed E-state index contributed by atoms with van der Waals surface area (Å²) < 4.78 is 30.2. The van der Waals surface area contributed by atoms with Gasteiger partial charge in [0.15, 0.2) is 17.3 Å². The summed E-state index contributed by atoms with van der Waals surface area (Å²) in [5, 5.41) is 0. The molecule has 1 aliphatic heterocycles. The van der Waals surface area contributed by atoms with Crippen LogP contribution >= 0.6 is 11.3 Å². The third-order valence-corrected chi connectivity index (χ3v) is 7.25. The zero-order chi connectivity index (χ0) is 19.3. The summed E-state index contributed by atoms with van der Waals surface area (Å²) >= 11 is 1.11. The second-order valence-electron chi connectivity index (χ2n) is 6.48. The van der Waals surface area contributed by atoms with E-state index in [-0.39, 0.29) is 4.34 Å². The number of rotatable bonds is 3. The molecular formula is C17H16N6O3S2. The van der Waals surface area contributed by atoms with Crippen molar-refractivity contribution < 1.29 is 13.2 Å². The van der Waals surface area contributed by atoms with Crippen LogP contribution in [0.2, 0.25) is 0 Å². The number of nitrogens with one attached hydrogen (secondary N) is 1. The smallest absolute Gasteiger partial charge is 0.211 e. The second-order valence-corrected chi connectivity index (χ2v) is 9.67. The summed E-state index contributed by atoms with van der Waals surface area (Å²) in [6.45, 7) is 2.52. The first-order valence-corrected chi connectivity index (χ1v) is 11.4. The van der Waals surface area contributed by atoms with Crippen molar-refractivity contribution in [2.24, 2.45) is 0 Å². The number of morpholine rings is 1. The summed E-state index contributed by atoms with van der Waals surface area (Å²) in [6, 6.07) is 5.73. The number of fused-ring (bicyclic) bond motifs is 2. The largest absolute Gasteiger partial charge is 0.378 e. The lowest BCUT2D eigenvalue weighted by atomic mass is 10.1. The van der Waals surface area contributed by atoms with Gasteiger partial charge in [0, 0.05) is 24.9 Å². The monoisotopic (exact) mass is 416 g/mol. The van der Waals surface area contributed by atoms with Crippen molar-refractivity contribution in [1.29, 1.82) is 0 Å². The Labute approximate surface area is 164 Å². The Hall–Kier alpha value is -2.63. The van der Waals surface area contributed by atoms with Gasteiger partial charge in [-0.15, -0.1) is 0 Å². The predicted octanol–water partition coefficient (Wildman–Crippen LogP) is 1.87. The minimum absolute atomic E-state index is 0.0430. The minimum Gasteiger partial charge on any atom is -0.378 e. The Morgan fingerprint density at radius 2 is 2.00 bits per heavy atom. The lowest BCUT2D eigenvalue weighted by Gasteiger charge is -2.28. The number of anilines is 1. The number of benzene rings is 1. The van der Waals surface area contributed by atoms with Crippen LogP contribution in [-0.2, 0) is 14.6 Å². The van der Waals surface area contributed by atoms with E-state index >= 15 is 0 Å². The number of thiazole rings is 1. The number of hydrogen-bond acceptors (Lipinski definition) is 9. The van der Waals surface area contributed by atoms with Crippen molar-refractivity contribution in [2.45, 2.75) is 4.34 Å². The lowest BCUT2D eigenvalue weighted by Crippen LogP contribution is -2.36. The third-order valence-electron chi connectivity index (χ3n) is 4.53. The maximum atomic E-state index is 12.0. The van der Waals surface area contributed by atoms with Crippen LogP contribution in [0.15, 0.2) is 28.9 Å². The topological polar surface area (TPSA) is 114 Å². The molecule has 1 saturated heterocycles. The van der Waals surface area contributed by atoms with E-state index in [1.165, 1.54) is 0 Å². The fourth-order valence-electron chi connectivity index (χ4n) is 3.21. The van der Waals surface area contributed by atoms with Gasteiger partial charge in [-0.3, -0.25) is 0 Å². The SMILES string of the molecule is CS(=O)(=O)c1nc2nc(-c3cccc4[nH]cnc34)nc(N3CCOCC3)c2s1. The Morgan fingerprint density at radius 1 is 1.18 bits per heavy atom. The van der Waals surface area contributed by atoms with Crippen LogP contribution < -0.4 is 4.90 Å². The molecule has 0 atom stereocenters. The zero-order valence-electron chi connectivity index (χ0n) is 14.9. The standard InChI is InChI=1S/C17H16N6O3S2/c1-28(24,25)17-22-15-13(27-17)16(23-5-7-26-8-6-23)21-14(20-15)10-3-2-4-11-12(10)19-9-18-11/h2-4,9H,5-8H2,1H3,(H,18,19). The predicted molar refractivity (Wildman–Crippen MR) is 106 cm³/mol. The molecule has 3 aromatic heterocycles. The summed E-state index contributed by atoms with van der Waals surface area (Å²) in [5.41, 5.74) is 2.78. The van der Waals surface area contributed by atoms with E-state index in [0.29, 0.717) is 48.3 Å². The molecule has 1 aliphatic rings. The Kier molecular flexibility index (Phi) is 4.03. The average molecular weight is 416 g/mol. The molecule has 5 rings (SSSR count). The van der Waals surface area contributed by atoms with Crippen LogP contribution in [0.3, 0.4) is 0 Å². The van der Waals surface area contributed by atoms with Gasteiger partial charge in [-0.1, -0.05) is 17.4 Å². The quantitative estimate of drug-likeness (QED) is 0.538. The van der Waals surface area contributed by atoms with Gasteiger partial charge in [0.2, 0.25) is 14.2 Å².